The third-order valence-corrected chi connectivity index (χ3v) is 5.95. The molecule has 21 heavy (non-hydrogen) atoms. The molecule has 3 rings (SSSR count). The van der Waals surface area contributed by atoms with E-state index in [0.717, 1.165) is 25.9 Å². The summed E-state index contributed by atoms with van der Waals surface area (Å²) in [5.74, 6) is 0.783. The number of nitrogens with one attached hydrogen (secondary N) is 2. The zero-order valence-corrected chi connectivity index (χ0v) is 12.2. The van der Waals surface area contributed by atoms with Crippen LogP contribution >= 0.6 is 0 Å². The largest absolute Gasteiger partial charge is 0.316 e. The maximum Gasteiger partial charge on any atom is 0.289 e. The van der Waals surface area contributed by atoms with Gasteiger partial charge in [-0.05, 0) is 43.8 Å². The van der Waals surface area contributed by atoms with E-state index in [2.05, 4.69) is 10.0 Å². The minimum atomic E-state index is -3.88. The summed E-state index contributed by atoms with van der Waals surface area (Å²) in [5, 5.41) is 14.3. The number of hydrogen-bond donors (Lipinski definition) is 2. The fraction of sp³-hybridized carbons (Fsp3) is 0.538. The molecular weight excluding hydrogens is 294 g/mol. The Hall–Kier alpha value is -1.51. The number of nitrogens with zero attached hydrogens (tertiary/aromatic N) is 1. The number of para-hydroxylation sites is 1. The minimum Gasteiger partial charge on any atom is -0.316 e. The van der Waals surface area contributed by atoms with Crippen molar-refractivity contribution in [3.05, 3.63) is 34.4 Å². The molecule has 1 aromatic rings. The van der Waals surface area contributed by atoms with Gasteiger partial charge in [-0.3, -0.25) is 10.1 Å². The Balaban J connectivity index is 1.86. The van der Waals surface area contributed by atoms with E-state index in [0.29, 0.717) is 5.92 Å². The summed E-state index contributed by atoms with van der Waals surface area (Å²) < 4.78 is 27.6. The standard InChI is InChI=1S/C13H17N3O4S/c17-16(18)12-3-1-2-4-13(12)21(19,20)15-11-6-5-9-7-14-8-10(9)11/h1-4,9-11,14-15H,5-8H2. The minimum absolute atomic E-state index is 0.144. The zero-order chi connectivity index (χ0) is 15.0. The van der Waals surface area contributed by atoms with Crippen LogP contribution in [-0.2, 0) is 10.0 Å². The van der Waals surface area contributed by atoms with Gasteiger partial charge in [0.2, 0.25) is 10.0 Å². The van der Waals surface area contributed by atoms with E-state index in [1.54, 1.807) is 0 Å². The van der Waals surface area contributed by atoms with E-state index in [4.69, 9.17) is 0 Å². The first kappa shape index (κ1) is 14.4. The molecule has 1 aromatic carbocycles. The van der Waals surface area contributed by atoms with Crippen molar-refractivity contribution >= 4 is 15.7 Å². The number of benzene rings is 1. The Morgan fingerprint density at radius 3 is 2.76 bits per heavy atom. The zero-order valence-electron chi connectivity index (χ0n) is 11.4. The normalized spacial score (nSPS) is 28.5. The van der Waals surface area contributed by atoms with Crippen LogP contribution in [0, 0.1) is 22.0 Å². The predicted molar refractivity (Wildman–Crippen MR) is 76.3 cm³/mol. The fourth-order valence-corrected chi connectivity index (χ4v) is 4.89. The van der Waals surface area contributed by atoms with Gasteiger partial charge in [0, 0.05) is 12.1 Å². The van der Waals surface area contributed by atoms with Crippen LogP contribution in [0.2, 0.25) is 0 Å². The molecule has 1 aliphatic carbocycles. The number of nitro benzene ring substituents is 1. The molecule has 1 heterocycles. The van der Waals surface area contributed by atoms with Crippen LogP contribution in [0.15, 0.2) is 29.2 Å². The lowest BCUT2D eigenvalue weighted by Crippen LogP contribution is -2.39. The van der Waals surface area contributed by atoms with Crippen molar-refractivity contribution in [1.82, 2.24) is 10.0 Å². The summed E-state index contributed by atoms with van der Waals surface area (Å²) >= 11 is 0. The second-order valence-electron chi connectivity index (χ2n) is 5.61. The van der Waals surface area contributed by atoms with E-state index in [1.807, 2.05) is 0 Å². The summed E-state index contributed by atoms with van der Waals surface area (Å²) in [7, 11) is -3.88. The van der Waals surface area contributed by atoms with Crippen LogP contribution in [-0.4, -0.2) is 32.5 Å². The van der Waals surface area contributed by atoms with Crippen molar-refractivity contribution in [2.24, 2.45) is 11.8 Å². The first-order valence-corrected chi connectivity index (χ1v) is 8.44. The average molecular weight is 311 g/mol. The number of nitro groups is 1. The molecule has 1 saturated heterocycles. The molecule has 0 radical (unpaired) electrons. The van der Waals surface area contributed by atoms with Crippen LogP contribution in [0.5, 0.6) is 0 Å². The maximum absolute atomic E-state index is 12.5. The van der Waals surface area contributed by atoms with Crippen LogP contribution < -0.4 is 10.0 Å². The molecule has 3 unspecified atom stereocenters. The highest BCUT2D eigenvalue weighted by atomic mass is 32.2. The van der Waals surface area contributed by atoms with Crippen LogP contribution in [0.25, 0.3) is 0 Å². The van der Waals surface area contributed by atoms with Gasteiger partial charge in [-0.15, -0.1) is 0 Å². The second-order valence-corrected chi connectivity index (χ2v) is 7.29. The van der Waals surface area contributed by atoms with Gasteiger partial charge in [0.15, 0.2) is 4.90 Å². The number of hydrogen-bond acceptors (Lipinski definition) is 5. The lowest BCUT2D eigenvalue weighted by molar-refractivity contribution is -0.387. The quantitative estimate of drug-likeness (QED) is 0.634. The van der Waals surface area contributed by atoms with Gasteiger partial charge < -0.3 is 5.32 Å². The molecule has 2 aliphatic rings. The highest BCUT2D eigenvalue weighted by Crippen LogP contribution is 2.35. The van der Waals surface area contributed by atoms with Crippen molar-refractivity contribution in [3.8, 4) is 0 Å². The summed E-state index contributed by atoms with van der Waals surface area (Å²) in [5.41, 5.74) is -0.385. The summed E-state index contributed by atoms with van der Waals surface area (Å²) in [6.45, 7) is 1.73. The van der Waals surface area contributed by atoms with Crippen molar-refractivity contribution in [2.45, 2.75) is 23.8 Å². The van der Waals surface area contributed by atoms with Crippen molar-refractivity contribution in [2.75, 3.05) is 13.1 Å². The molecule has 2 fully saturated rings. The van der Waals surface area contributed by atoms with Crippen molar-refractivity contribution < 1.29 is 13.3 Å². The molecule has 0 aromatic heterocycles. The molecule has 2 N–H and O–H groups in total. The smallest absolute Gasteiger partial charge is 0.289 e. The highest BCUT2D eigenvalue weighted by molar-refractivity contribution is 7.89. The number of sulfonamides is 1. The van der Waals surface area contributed by atoms with Crippen LogP contribution in [0.4, 0.5) is 5.69 Å². The fourth-order valence-electron chi connectivity index (χ4n) is 3.39. The maximum atomic E-state index is 12.5. The molecule has 8 heteroatoms. The molecule has 0 amide bonds. The van der Waals surface area contributed by atoms with Crippen LogP contribution in [0.1, 0.15) is 12.8 Å². The molecule has 3 atom stereocenters. The third kappa shape index (κ3) is 2.66. The van der Waals surface area contributed by atoms with Crippen LogP contribution in [0.3, 0.4) is 0 Å². The van der Waals surface area contributed by atoms with Gasteiger partial charge in [-0.1, -0.05) is 12.1 Å². The van der Waals surface area contributed by atoms with Crippen molar-refractivity contribution in [1.29, 1.82) is 0 Å². The van der Waals surface area contributed by atoms with E-state index in [-0.39, 0.29) is 22.5 Å². The van der Waals surface area contributed by atoms with Gasteiger partial charge in [0.1, 0.15) is 0 Å². The molecule has 0 bridgehead atoms. The third-order valence-electron chi connectivity index (χ3n) is 4.42. The molecule has 114 valence electrons. The Labute approximate surface area is 122 Å². The SMILES string of the molecule is O=[N+]([O-])c1ccccc1S(=O)(=O)NC1CCC2CNCC21. The van der Waals surface area contributed by atoms with E-state index in [9.17, 15) is 18.5 Å². The first-order valence-electron chi connectivity index (χ1n) is 6.95. The molecule has 1 saturated carbocycles. The highest BCUT2D eigenvalue weighted by Gasteiger charge is 2.41. The lowest BCUT2D eigenvalue weighted by atomic mass is 9.98. The number of rotatable bonds is 4. The van der Waals surface area contributed by atoms with E-state index in [1.165, 1.54) is 24.3 Å². The van der Waals surface area contributed by atoms with E-state index >= 15 is 0 Å². The Morgan fingerprint density at radius 1 is 1.24 bits per heavy atom. The molecule has 1 aliphatic heterocycles. The molecular formula is C13H17N3O4S. The Morgan fingerprint density at radius 2 is 2.00 bits per heavy atom. The average Bonchev–Trinajstić information content (AvgIpc) is 3.04. The second kappa shape index (κ2) is 5.36. The van der Waals surface area contributed by atoms with Crippen molar-refractivity contribution in [3.63, 3.8) is 0 Å². The van der Waals surface area contributed by atoms with E-state index < -0.39 is 14.9 Å². The van der Waals surface area contributed by atoms with Gasteiger partial charge in [0.25, 0.3) is 5.69 Å². The Bertz CT molecular complexity index is 661. The van der Waals surface area contributed by atoms with Gasteiger partial charge in [-0.25, -0.2) is 13.1 Å². The van der Waals surface area contributed by atoms with Gasteiger partial charge in [0.05, 0.1) is 4.92 Å². The Kier molecular flexibility index (Phi) is 3.68. The molecule has 0 spiro atoms. The summed E-state index contributed by atoms with van der Waals surface area (Å²) in [6.07, 6.45) is 1.78. The topological polar surface area (TPSA) is 101 Å². The number of fused-ring (bicyclic) bond motifs is 1. The molecule has 7 nitrogen and oxygen atoms in total. The summed E-state index contributed by atoms with van der Waals surface area (Å²) in [6, 6.07) is 5.30. The summed E-state index contributed by atoms with van der Waals surface area (Å²) in [4.78, 5) is 10.1. The van der Waals surface area contributed by atoms with Gasteiger partial charge >= 0.3 is 0 Å². The lowest BCUT2D eigenvalue weighted by Gasteiger charge is -2.19. The monoisotopic (exact) mass is 311 g/mol. The van der Waals surface area contributed by atoms with Gasteiger partial charge in [-0.2, -0.15) is 0 Å². The predicted octanol–water partition coefficient (Wildman–Crippen LogP) is 0.871. The first-order chi connectivity index (χ1) is 9.99.